The van der Waals surface area contributed by atoms with Crippen LogP contribution in [0.2, 0.25) is 0 Å². The maximum atomic E-state index is 5.84. The Balaban J connectivity index is 1.72. The van der Waals surface area contributed by atoms with Gasteiger partial charge in [0.05, 0.1) is 20.3 Å². The van der Waals surface area contributed by atoms with Crippen LogP contribution in [0.15, 0.2) is 35.0 Å². The average Bonchev–Trinajstić information content (AvgIpc) is 3.28. The first kappa shape index (κ1) is 17.3. The molecular formula is C19H25NO3S. The van der Waals surface area contributed by atoms with E-state index in [0.29, 0.717) is 6.10 Å². The van der Waals surface area contributed by atoms with Gasteiger partial charge in [-0.05, 0) is 52.9 Å². The first-order valence-corrected chi connectivity index (χ1v) is 9.28. The van der Waals surface area contributed by atoms with Gasteiger partial charge in [-0.1, -0.05) is 6.07 Å². The summed E-state index contributed by atoms with van der Waals surface area (Å²) in [5, 5.41) is 4.35. The molecule has 0 radical (unpaired) electrons. The molecule has 0 saturated carbocycles. The number of methoxy groups -OCH3 is 2. The van der Waals surface area contributed by atoms with E-state index in [1.807, 2.05) is 6.07 Å². The van der Waals surface area contributed by atoms with E-state index in [0.717, 1.165) is 44.2 Å². The van der Waals surface area contributed by atoms with Crippen molar-refractivity contribution in [3.05, 3.63) is 46.2 Å². The van der Waals surface area contributed by atoms with Crippen LogP contribution in [0.4, 0.5) is 0 Å². The SMILES string of the molecule is COc1ccc(CN(Cc2ccsc2)CC2CCCO2)cc1OC. The zero-order chi connectivity index (χ0) is 16.8. The fourth-order valence-corrected chi connectivity index (χ4v) is 3.80. The predicted octanol–water partition coefficient (Wildman–Crippen LogP) is 3.95. The Bertz CT molecular complexity index is 624. The first-order valence-electron chi connectivity index (χ1n) is 8.34. The summed E-state index contributed by atoms with van der Waals surface area (Å²) in [6.07, 6.45) is 2.68. The number of benzene rings is 1. The van der Waals surface area contributed by atoms with E-state index in [2.05, 4.69) is 33.9 Å². The van der Waals surface area contributed by atoms with Crippen molar-refractivity contribution in [2.24, 2.45) is 0 Å². The molecule has 2 aromatic rings. The summed E-state index contributed by atoms with van der Waals surface area (Å²) >= 11 is 1.75. The van der Waals surface area contributed by atoms with Crippen molar-refractivity contribution in [2.45, 2.75) is 32.0 Å². The molecule has 0 aliphatic carbocycles. The van der Waals surface area contributed by atoms with Gasteiger partial charge in [-0.15, -0.1) is 0 Å². The molecule has 24 heavy (non-hydrogen) atoms. The summed E-state index contributed by atoms with van der Waals surface area (Å²) in [4.78, 5) is 2.46. The van der Waals surface area contributed by atoms with Crippen molar-refractivity contribution < 1.29 is 14.2 Å². The lowest BCUT2D eigenvalue weighted by Gasteiger charge is -2.25. The Morgan fingerprint density at radius 3 is 2.62 bits per heavy atom. The van der Waals surface area contributed by atoms with Crippen molar-refractivity contribution in [2.75, 3.05) is 27.4 Å². The summed E-state index contributed by atoms with van der Waals surface area (Å²) in [6, 6.07) is 8.34. The molecule has 2 heterocycles. The second-order valence-electron chi connectivity index (χ2n) is 6.13. The van der Waals surface area contributed by atoms with Gasteiger partial charge in [0.2, 0.25) is 0 Å². The first-order chi connectivity index (χ1) is 11.8. The lowest BCUT2D eigenvalue weighted by Crippen LogP contribution is -2.31. The van der Waals surface area contributed by atoms with Crippen molar-refractivity contribution in [3.63, 3.8) is 0 Å². The van der Waals surface area contributed by atoms with Crippen molar-refractivity contribution in [3.8, 4) is 11.5 Å². The zero-order valence-electron chi connectivity index (χ0n) is 14.4. The molecule has 4 nitrogen and oxygen atoms in total. The highest BCUT2D eigenvalue weighted by atomic mass is 32.1. The van der Waals surface area contributed by atoms with Gasteiger partial charge in [-0.25, -0.2) is 0 Å². The molecule has 1 aliphatic heterocycles. The van der Waals surface area contributed by atoms with Gasteiger partial charge in [-0.2, -0.15) is 11.3 Å². The van der Waals surface area contributed by atoms with E-state index in [-0.39, 0.29) is 0 Å². The van der Waals surface area contributed by atoms with Crippen molar-refractivity contribution in [1.82, 2.24) is 4.90 Å². The standard InChI is InChI=1S/C19H25NO3S/c1-21-18-6-5-15(10-19(18)22-2)11-20(12-16-7-9-24-14-16)13-17-4-3-8-23-17/h5-7,9-10,14,17H,3-4,8,11-13H2,1-2H3. The molecule has 1 saturated heterocycles. The minimum absolute atomic E-state index is 0.351. The van der Waals surface area contributed by atoms with E-state index < -0.39 is 0 Å². The minimum Gasteiger partial charge on any atom is -0.493 e. The lowest BCUT2D eigenvalue weighted by atomic mass is 10.1. The average molecular weight is 347 g/mol. The summed E-state index contributed by atoms with van der Waals surface area (Å²) in [5.74, 6) is 1.55. The Hall–Kier alpha value is -1.56. The van der Waals surface area contributed by atoms with Crippen LogP contribution in [0.25, 0.3) is 0 Å². The summed E-state index contributed by atoms with van der Waals surface area (Å²) < 4.78 is 16.6. The van der Waals surface area contributed by atoms with Gasteiger partial charge >= 0.3 is 0 Å². The molecule has 5 heteroatoms. The van der Waals surface area contributed by atoms with Crippen LogP contribution in [-0.4, -0.2) is 38.4 Å². The number of rotatable bonds is 8. The monoisotopic (exact) mass is 347 g/mol. The highest BCUT2D eigenvalue weighted by molar-refractivity contribution is 7.07. The number of hydrogen-bond donors (Lipinski definition) is 0. The fourth-order valence-electron chi connectivity index (χ4n) is 3.14. The van der Waals surface area contributed by atoms with Crippen LogP contribution in [0.5, 0.6) is 11.5 Å². The minimum atomic E-state index is 0.351. The van der Waals surface area contributed by atoms with E-state index >= 15 is 0 Å². The maximum Gasteiger partial charge on any atom is 0.161 e. The molecule has 1 aliphatic rings. The van der Waals surface area contributed by atoms with Crippen LogP contribution in [0, 0.1) is 0 Å². The van der Waals surface area contributed by atoms with Gasteiger partial charge < -0.3 is 14.2 Å². The third-order valence-corrected chi connectivity index (χ3v) is 5.06. The van der Waals surface area contributed by atoms with Crippen LogP contribution < -0.4 is 9.47 Å². The van der Waals surface area contributed by atoms with E-state index in [1.54, 1.807) is 25.6 Å². The molecule has 1 aromatic carbocycles. The smallest absolute Gasteiger partial charge is 0.161 e. The number of thiophene rings is 1. The van der Waals surface area contributed by atoms with Crippen molar-refractivity contribution >= 4 is 11.3 Å². The summed E-state index contributed by atoms with van der Waals surface area (Å²) in [6.45, 7) is 3.67. The highest BCUT2D eigenvalue weighted by Crippen LogP contribution is 2.28. The second-order valence-corrected chi connectivity index (χ2v) is 6.91. The molecule has 0 bridgehead atoms. The second kappa shape index (κ2) is 8.51. The Morgan fingerprint density at radius 1 is 1.12 bits per heavy atom. The molecule has 1 atom stereocenters. The van der Waals surface area contributed by atoms with E-state index in [1.165, 1.54) is 17.5 Å². The van der Waals surface area contributed by atoms with Gasteiger partial charge in [-0.3, -0.25) is 4.90 Å². The van der Waals surface area contributed by atoms with Crippen LogP contribution >= 0.6 is 11.3 Å². The molecule has 0 spiro atoms. The van der Waals surface area contributed by atoms with E-state index in [4.69, 9.17) is 14.2 Å². The Morgan fingerprint density at radius 2 is 1.96 bits per heavy atom. The molecule has 3 rings (SSSR count). The van der Waals surface area contributed by atoms with Gasteiger partial charge in [0.1, 0.15) is 0 Å². The summed E-state index contributed by atoms with van der Waals surface area (Å²) in [5.41, 5.74) is 2.58. The van der Waals surface area contributed by atoms with Gasteiger partial charge in [0, 0.05) is 26.2 Å². The number of ether oxygens (including phenoxy) is 3. The molecular weight excluding hydrogens is 322 g/mol. The third kappa shape index (κ3) is 4.50. The topological polar surface area (TPSA) is 30.9 Å². The fraction of sp³-hybridized carbons (Fsp3) is 0.474. The largest absolute Gasteiger partial charge is 0.493 e. The number of hydrogen-bond acceptors (Lipinski definition) is 5. The molecule has 1 aromatic heterocycles. The highest BCUT2D eigenvalue weighted by Gasteiger charge is 2.20. The van der Waals surface area contributed by atoms with Crippen LogP contribution in [-0.2, 0) is 17.8 Å². The van der Waals surface area contributed by atoms with Gasteiger partial charge in [0.25, 0.3) is 0 Å². The normalized spacial score (nSPS) is 17.4. The van der Waals surface area contributed by atoms with E-state index in [9.17, 15) is 0 Å². The molecule has 1 fully saturated rings. The molecule has 0 amide bonds. The Kier molecular flexibility index (Phi) is 6.12. The van der Waals surface area contributed by atoms with Crippen LogP contribution in [0.3, 0.4) is 0 Å². The van der Waals surface area contributed by atoms with Gasteiger partial charge in [0.15, 0.2) is 11.5 Å². The maximum absolute atomic E-state index is 5.84. The molecule has 130 valence electrons. The third-order valence-electron chi connectivity index (χ3n) is 4.33. The lowest BCUT2D eigenvalue weighted by molar-refractivity contribution is 0.0679. The zero-order valence-corrected chi connectivity index (χ0v) is 15.2. The van der Waals surface area contributed by atoms with Crippen LogP contribution in [0.1, 0.15) is 24.0 Å². The quantitative estimate of drug-likeness (QED) is 0.723. The summed E-state index contributed by atoms with van der Waals surface area (Å²) in [7, 11) is 3.34. The van der Waals surface area contributed by atoms with Crippen molar-refractivity contribution in [1.29, 1.82) is 0 Å². The predicted molar refractivity (Wildman–Crippen MR) is 97.0 cm³/mol. The molecule has 0 N–H and O–H groups in total. The Labute approximate surface area is 148 Å². The number of nitrogens with zero attached hydrogens (tertiary/aromatic N) is 1. The molecule has 1 unspecified atom stereocenters.